The second kappa shape index (κ2) is 8.23. The van der Waals surface area contributed by atoms with Gasteiger partial charge in [0.15, 0.2) is 32.5 Å². The van der Waals surface area contributed by atoms with Crippen LogP contribution in [0.4, 0.5) is 0 Å². The molecule has 0 spiro atoms. The molecule has 0 saturated heterocycles. The minimum absolute atomic E-state index is 0.155. The largest absolute Gasteiger partial charge is 0.384 e. The molecule has 14 heavy (non-hydrogen) atoms. The van der Waals surface area contributed by atoms with E-state index in [4.69, 9.17) is 0 Å². The maximum absolute atomic E-state index is 11.1. The van der Waals surface area contributed by atoms with Gasteiger partial charge in [0.05, 0.1) is 5.92 Å². The van der Waals surface area contributed by atoms with Crippen LogP contribution in [0.1, 0.15) is 32.6 Å². The Balaban J connectivity index is 3.73. The van der Waals surface area contributed by atoms with Crippen LogP contribution in [0, 0.1) is 5.92 Å². The minimum atomic E-state index is -0.327. The van der Waals surface area contributed by atoms with Crippen LogP contribution in [-0.2, 0) is 17.2 Å². The fraction of sp³-hybridized carbons (Fsp3) is 0.750. The highest BCUT2D eigenvalue weighted by molar-refractivity contribution is 9.06. The highest BCUT2D eigenvalue weighted by atomic mass is 79.9. The van der Waals surface area contributed by atoms with Gasteiger partial charge in [-0.1, -0.05) is 6.92 Å². The molecule has 6 heteroatoms. The first-order chi connectivity index (χ1) is 6.65. The lowest BCUT2D eigenvalue weighted by atomic mass is 10.00. The molecule has 0 aliphatic heterocycles. The van der Waals surface area contributed by atoms with Gasteiger partial charge in [-0.3, -0.25) is 9.59 Å². The van der Waals surface area contributed by atoms with Gasteiger partial charge >= 0.3 is 11.9 Å². The molecule has 0 amide bonds. The Morgan fingerprint density at radius 1 is 1.29 bits per heavy atom. The Morgan fingerprint density at radius 2 is 1.93 bits per heavy atom. The van der Waals surface area contributed by atoms with Crippen LogP contribution in [0.5, 0.6) is 0 Å². The summed E-state index contributed by atoms with van der Waals surface area (Å²) in [6.45, 7) is 1.90. The van der Waals surface area contributed by atoms with Crippen molar-refractivity contribution in [3.05, 3.63) is 0 Å². The van der Waals surface area contributed by atoms with Crippen molar-refractivity contribution in [2.24, 2.45) is 5.92 Å². The van der Waals surface area contributed by atoms with Crippen LogP contribution >= 0.6 is 32.5 Å². The first kappa shape index (κ1) is 13.9. The van der Waals surface area contributed by atoms with Crippen LogP contribution in [-0.4, -0.2) is 11.9 Å². The number of carbonyl (C=O) groups is 2. The lowest BCUT2D eigenvalue weighted by molar-refractivity contribution is -0.138. The summed E-state index contributed by atoms with van der Waals surface area (Å²) >= 11 is 5.24. The van der Waals surface area contributed by atoms with Gasteiger partial charge in [0.25, 0.3) is 0 Å². The SMILES string of the molecule is CCC(CCCC(=O)OBr)C(=O)OBr. The third kappa shape index (κ3) is 5.59. The van der Waals surface area contributed by atoms with Crippen molar-refractivity contribution in [2.45, 2.75) is 32.6 Å². The molecule has 0 saturated carbocycles. The van der Waals surface area contributed by atoms with Crippen LogP contribution in [0.2, 0.25) is 0 Å². The molecule has 0 radical (unpaired) electrons. The smallest absolute Gasteiger partial charge is 0.320 e. The second-order valence-electron chi connectivity index (χ2n) is 2.84. The van der Waals surface area contributed by atoms with Crippen LogP contribution in [0.15, 0.2) is 0 Å². The van der Waals surface area contributed by atoms with Gasteiger partial charge in [-0.25, -0.2) is 0 Å². The topological polar surface area (TPSA) is 52.6 Å². The number of halogens is 2. The molecule has 0 aromatic carbocycles. The van der Waals surface area contributed by atoms with E-state index in [9.17, 15) is 9.59 Å². The molecular formula is C8H12Br2O4. The molecule has 4 nitrogen and oxygen atoms in total. The Labute approximate surface area is 100 Å². The standard InChI is InChI=1S/C8H12Br2O4/c1-2-6(8(12)14-10)4-3-5-7(11)13-9/h6H,2-5H2,1H3. The quantitative estimate of drug-likeness (QED) is 0.751. The lowest BCUT2D eigenvalue weighted by Crippen LogP contribution is -2.13. The van der Waals surface area contributed by atoms with E-state index >= 15 is 0 Å². The summed E-state index contributed by atoms with van der Waals surface area (Å²) in [5.41, 5.74) is 0. The number of hydrogen-bond acceptors (Lipinski definition) is 4. The number of hydrogen-bond donors (Lipinski definition) is 0. The predicted octanol–water partition coefficient (Wildman–Crippen LogP) is 2.89. The zero-order chi connectivity index (χ0) is 11.0. The first-order valence-electron chi connectivity index (χ1n) is 4.29. The van der Waals surface area contributed by atoms with Crippen molar-refractivity contribution in [1.82, 2.24) is 0 Å². The summed E-state index contributed by atoms with van der Waals surface area (Å²) in [7, 11) is 0. The maximum Gasteiger partial charge on any atom is 0.320 e. The van der Waals surface area contributed by atoms with E-state index in [1.807, 2.05) is 6.92 Å². The molecule has 0 aliphatic rings. The fourth-order valence-electron chi connectivity index (χ4n) is 1.08. The van der Waals surface area contributed by atoms with Crippen molar-refractivity contribution in [3.8, 4) is 0 Å². The fourth-order valence-corrected chi connectivity index (χ4v) is 1.51. The summed E-state index contributed by atoms with van der Waals surface area (Å²) in [6, 6.07) is 0. The summed E-state index contributed by atoms with van der Waals surface area (Å²) < 4.78 is 8.74. The summed E-state index contributed by atoms with van der Waals surface area (Å²) in [5, 5.41) is 0. The predicted molar refractivity (Wildman–Crippen MR) is 57.7 cm³/mol. The van der Waals surface area contributed by atoms with Crippen LogP contribution in [0.3, 0.4) is 0 Å². The van der Waals surface area contributed by atoms with Gasteiger partial charge in [0, 0.05) is 6.42 Å². The zero-order valence-electron chi connectivity index (χ0n) is 7.79. The van der Waals surface area contributed by atoms with E-state index in [2.05, 4.69) is 40.2 Å². The molecule has 0 heterocycles. The van der Waals surface area contributed by atoms with Crippen molar-refractivity contribution >= 4 is 44.5 Å². The minimum Gasteiger partial charge on any atom is -0.384 e. The third-order valence-electron chi connectivity index (χ3n) is 1.92. The van der Waals surface area contributed by atoms with Gasteiger partial charge < -0.3 is 7.66 Å². The Hall–Kier alpha value is -0.100. The monoisotopic (exact) mass is 330 g/mol. The van der Waals surface area contributed by atoms with E-state index in [1.54, 1.807) is 0 Å². The molecule has 0 aliphatic carbocycles. The van der Waals surface area contributed by atoms with E-state index in [1.165, 1.54) is 0 Å². The Bertz CT molecular complexity index is 196. The van der Waals surface area contributed by atoms with Gasteiger partial charge in [0.2, 0.25) is 0 Å². The molecule has 1 unspecified atom stereocenters. The lowest BCUT2D eigenvalue weighted by Gasteiger charge is -2.09. The van der Waals surface area contributed by atoms with Crippen molar-refractivity contribution in [3.63, 3.8) is 0 Å². The second-order valence-corrected chi connectivity index (χ2v) is 3.49. The molecule has 0 fully saturated rings. The molecule has 0 bridgehead atoms. The van der Waals surface area contributed by atoms with Crippen LogP contribution in [0.25, 0.3) is 0 Å². The Morgan fingerprint density at radius 3 is 2.36 bits per heavy atom. The van der Waals surface area contributed by atoms with Gasteiger partial charge in [-0.2, -0.15) is 0 Å². The molecule has 0 N–H and O–H groups in total. The highest BCUT2D eigenvalue weighted by Crippen LogP contribution is 2.16. The first-order valence-corrected chi connectivity index (χ1v) is 5.59. The zero-order valence-corrected chi connectivity index (χ0v) is 11.0. The average Bonchev–Trinajstić information content (AvgIpc) is 2.22. The third-order valence-corrected chi connectivity index (χ3v) is 2.60. The average molecular weight is 332 g/mol. The summed E-state index contributed by atoms with van der Waals surface area (Å²) in [4.78, 5) is 21.8. The van der Waals surface area contributed by atoms with Crippen molar-refractivity contribution < 1.29 is 17.2 Å². The van der Waals surface area contributed by atoms with E-state index < -0.39 is 0 Å². The van der Waals surface area contributed by atoms with Gasteiger partial charge in [0.1, 0.15) is 0 Å². The number of rotatable bonds is 6. The molecule has 0 rings (SSSR count). The maximum atomic E-state index is 11.1. The van der Waals surface area contributed by atoms with E-state index in [0.717, 1.165) is 0 Å². The van der Waals surface area contributed by atoms with Crippen molar-refractivity contribution in [2.75, 3.05) is 0 Å². The van der Waals surface area contributed by atoms with Crippen LogP contribution < -0.4 is 0 Å². The molecule has 1 atom stereocenters. The molecule has 0 aromatic rings. The van der Waals surface area contributed by atoms with Gasteiger partial charge in [-0.15, -0.1) is 0 Å². The molecule has 0 aromatic heterocycles. The summed E-state index contributed by atoms with van der Waals surface area (Å²) in [6.07, 6.45) is 2.25. The summed E-state index contributed by atoms with van der Waals surface area (Å²) in [5.74, 6) is -0.774. The Kier molecular flexibility index (Phi) is 8.17. The molecular weight excluding hydrogens is 320 g/mol. The van der Waals surface area contributed by atoms with E-state index in [0.29, 0.717) is 25.7 Å². The van der Waals surface area contributed by atoms with Gasteiger partial charge in [-0.05, 0) is 19.3 Å². The number of carbonyl (C=O) groups excluding carboxylic acids is 2. The normalized spacial score (nSPS) is 11.9. The van der Waals surface area contributed by atoms with Crippen molar-refractivity contribution in [1.29, 1.82) is 0 Å². The highest BCUT2D eigenvalue weighted by Gasteiger charge is 2.17. The molecule has 82 valence electrons. The van der Waals surface area contributed by atoms with E-state index in [-0.39, 0.29) is 17.9 Å².